The third-order valence-electron chi connectivity index (χ3n) is 3.20. The van der Waals surface area contributed by atoms with Crippen LogP contribution < -0.4 is 9.46 Å². The summed E-state index contributed by atoms with van der Waals surface area (Å²) in [6, 6.07) is 3.92. The molecular formula is C17H26N2O6S. The van der Waals surface area contributed by atoms with E-state index >= 15 is 0 Å². The molecule has 0 saturated carbocycles. The summed E-state index contributed by atoms with van der Waals surface area (Å²) >= 11 is 0. The second-order valence-corrected chi connectivity index (χ2v) is 8.65. The molecule has 1 rings (SSSR count). The largest absolute Gasteiger partial charge is 0.495 e. The topological polar surface area (TPSA) is 102 Å². The van der Waals surface area contributed by atoms with Gasteiger partial charge in [-0.1, -0.05) is 0 Å². The number of carbonyl (C=O) groups excluding carboxylic acids is 2. The molecule has 0 bridgehead atoms. The van der Waals surface area contributed by atoms with Gasteiger partial charge in [0.25, 0.3) is 5.91 Å². The highest BCUT2D eigenvalue weighted by molar-refractivity contribution is 7.89. The first-order valence-corrected chi connectivity index (χ1v) is 9.41. The summed E-state index contributed by atoms with van der Waals surface area (Å²) in [5.41, 5.74) is -0.717. The van der Waals surface area contributed by atoms with Crippen molar-refractivity contribution < 1.29 is 27.5 Å². The lowest BCUT2D eigenvalue weighted by Crippen LogP contribution is -2.40. The van der Waals surface area contributed by atoms with E-state index in [0.717, 1.165) is 0 Å². The highest BCUT2D eigenvalue weighted by Gasteiger charge is 2.27. The number of likely N-dealkylation sites (N-methyl/N-ethyl adjacent to an activating group) is 1. The number of sulfonamides is 1. The second kappa shape index (κ2) is 8.05. The van der Waals surface area contributed by atoms with Crippen molar-refractivity contribution in [3.8, 4) is 5.75 Å². The predicted octanol–water partition coefficient (Wildman–Crippen LogP) is 1.41. The Kier molecular flexibility index (Phi) is 6.78. The average molecular weight is 386 g/mol. The van der Waals surface area contributed by atoms with Gasteiger partial charge in [0.05, 0.1) is 12.7 Å². The van der Waals surface area contributed by atoms with Gasteiger partial charge in [-0.25, -0.2) is 17.9 Å². The summed E-state index contributed by atoms with van der Waals surface area (Å²) in [5, 5.41) is 0. The van der Waals surface area contributed by atoms with Crippen LogP contribution in [0.4, 0.5) is 0 Å². The van der Waals surface area contributed by atoms with Crippen molar-refractivity contribution in [3.63, 3.8) is 0 Å². The van der Waals surface area contributed by atoms with Crippen LogP contribution in [-0.2, 0) is 19.6 Å². The van der Waals surface area contributed by atoms with Crippen LogP contribution in [0.5, 0.6) is 5.75 Å². The van der Waals surface area contributed by atoms with E-state index in [-0.39, 0.29) is 22.1 Å². The summed E-state index contributed by atoms with van der Waals surface area (Å²) < 4.78 is 38.0. The Morgan fingerprint density at radius 3 is 2.23 bits per heavy atom. The smallest absolute Gasteiger partial charge is 0.338 e. The van der Waals surface area contributed by atoms with E-state index in [1.807, 2.05) is 0 Å². The van der Waals surface area contributed by atoms with E-state index in [0.29, 0.717) is 0 Å². The van der Waals surface area contributed by atoms with Crippen LogP contribution in [0.25, 0.3) is 0 Å². The van der Waals surface area contributed by atoms with Gasteiger partial charge < -0.3 is 14.4 Å². The number of esters is 1. The van der Waals surface area contributed by atoms with Crippen molar-refractivity contribution in [2.24, 2.45) is 0 Å². The zero-order valence-corrected chi connectivity index (χ0v) is 16.9. The van der Waals surface area contributed by atoms with Gasteiger partial charge in [0.15, 0.2) is 6.10 Å². The van der Waals surface area contributed by atoms with Gasteiger partial charge in [-0.2, -0.15) is 0 Å². The van der Waals surface area contributed by atoms with Crippen LogP contribution in [-0.4, -0.2) is 58.0 Å². The fraction of sp³-hybridized carbons (Fsp3) is 0.529. The van der Waals surface area contributed by atoms with Crippen molar-refractivity contribution in [2.75, 3.05) is 21.2 Å². The zero-order valence-electron chi connectivity index (χ0n) is 16.1. The summed E-state index contributed by atoms with van der Waals surface area (Å²) in [4.78, 5) is 25.2. The Morgan fingerprint density at radius 2 is 1.77 bits per heavy atom. The number of amides is 1. The molecule has 9 heteroatoms. The molecule has 1 aromatic rings. The van der Waals surface area contributed by atoms with Gasteiger partial charge in [0.1, 0.15) is 10.6 Å². The summed E-state index contributed by atoms with van der Waals surface area (Å²) in [6.07, 6.45) is -0.993. The van der Waals surface area contributed by atoms with Crippen LogP contribution in [0.2, 0.25) is 0 Å². The molecule has 1 amide bonds. The molecule has 0 spiro atoms. The Labute approximate surface area is 154 Å². The second-order valence-electron chi connectivity index (χ2n) is 7.00. The molecule has 8 nitrogen and oxygen atoms in total. The third kappa shape index (κ3) is 5.70. The molecular weight excluding hydrogens is 360 g/mol. The molecule has 0 aliphatic heterocycles. The quantitative estimate of drug-likeness (QED) is 0.742. The van der Waals surface area contributed by atoms with Gasteiger partial charge in [-0.3, -0.25) is 4.79 Å². The van der Waals surface area contributed by atoms with E-state index in [1.54, 1.807) is 34.9 Å². The normalized spacial score (nSPS) is 13.0. The van der Waals surface area contributed by atoms with Crippen LogP contribution in [0.15, 0.2) is 23.1 Å². The molecule has 1 N–H and O–H groups in total. The number of hydrogen-bond donors (Lipinski definition) is 1. The molecule has 0 radical (unpaired) electrons. The molecule has 0 fully saturated rings. The lowest BCUT2D eigenvalue weighted by atomic mass is 10.1. The van der Waals surface area contributed by atoms with Crippen LogP contribution in [0.3, 0.4) is 0 Å². The minimum absolute atomic E-state index is 0.00140. The first-order valence-electron chi connectivity index (χ1n) is 7.92. The number of carbonyl (C=O) groups is 2. The highest BCUT2D eigenvalue weighted by atomic mass is 32.2. The molecule has 1 unspecified atom stereocenters. The number of hydrogen-bond acceptors (Lipinski definition) is 6. The molecule has 0 aliphatic carbocycles. The van der Waals surface area contributed by atoms with Gasteiger partial charge in [-0.15, -0.1) is 0 Å². The Bertz CT molecular complexity index is 781. The minimum Gasteiger partial charge on any atom is -0.495 e. The van der Waals surface area contributed by atoms with Crippen molar-refractivity contribution in [2.45, 2.75) is 44.2 Å². The van der Waals surface area contributed by atoms with E-state index in [1.165, 1.54) is 37.1 Å². The van der Waals surface area contributed by atoms with E-state index < -0.39 is 27.6 Å². The first-order chi connectivity index (χ1) is 11.8. The molecule has 146 valence electrons. The molecule has 1 aromatic carbocycles. The predicted molar refractivity (Wildman–Crippen MR) is 96.6 cm³/mol. The fourth-order valence-corrected chi connectivity index (χ4v) is 3.73. The number of nitrogens with one attached hydrogen (secondary N) is 1. The van der Waals surface area contributed by atoms with Crippen LogP contribution in [0, 0.1) is 0 Å². The summed E-state index contributed by atoms with van der Waals surface area (Å²) in [5.74, 6) is -1.09. The van der Waals surface area contributed by atoms with E-state index in [4.69, 9.17) is 9.47 Å². The fourth-order valence-electron chi connectivity index (χ4n) is 2.11. The maximum Gasteiger partial charge on any atom is 0.338 e. The SMILES string of the molecule is COc1ccc(C(=O)OC(C)C(=O)N(C)C)cc1S(=O)(=O)NC(C)(C)C. The maximum atomic E-state index is 12.6. The zero-order chi connectivity index (χ0) is 20.3. The van der Waals surface area contributed by atoms with E-state index in [2.05, 4.69) is 4.72 Å². The average Bonchev–Trinajstić information content (AvgIpc) is 2.50. The number of ether oxygens (including phenoxy) is 2. The summed E-state index contributed by atoms with van der Waals surface area (Å²) in [7, 11) is 0.491. The van der Waals surface area contributed by atoms with Gasteiger partial charge in [0.2, 0.25) is 10.0 Å². The number of rotatable bonds is 6. The Morgan fingerprint density at radius 1 is 1.19 bits per heavy atom. The standard InChI is InChI=1S/C17H26N2O6S/c1-11(15(20)19(5)6)25-16(21)12-8-9-13(24-7)14(10-12)26(22,23)18-17(2,3)4/h8-11,18H,1-7H3. The molecule has 1 atom stereocenters. The molecule has 0 aromatic heterocycles. The maximum absolute atomic E-state index is 12.6. The Balaban J connectivity index is 3.21. The first kappa shape index (κ1) is 21.9. The Hall–Kier alpha value is -2.13. The molecule has 0 aliphatic rings. The summed E-state index contributed by atoms with van der Waals surface area (Å²) in [6.45, 7) is 6.54. The number of nitrogens with zero attached hydrogens (tertiary/aromatic N) is 1. The minimum atomic E-state index is -3.93. The number of benzene rings is 1. The molecule has 26 heavy (non-hydrogen) atoms. The van der Waals surface area contributed by atoms with E-state index in [9.17, 15) is 18.0 Å². The van der Waals surface area contributed by atoms with Gasteiger partial charge >= 0.3 is 5.97 Å². The van der Waals surface area contributed by atoms with Crippen molar-refractivity contribution in [1.82, 2.24) is 9.62 Å². The highest BCUT2D eigenvalue weighted by Crippen LogP contribution is 2.26. The third-order valence-corrected chi connectivity index (χ3v) is 4.98. The monoisotopic (exact) mass is 386 g/mol. The van der Waals surface area contributed by atoms with Crippen LogP contribution >= 0.6 is 0 Å². The molecule has 0 heterocycles. The lowest BCUT2D eigenvalue weighted by Gasteiger charge is -2.21. The number of methoxy groups -OCH3 is 1. The van der Waals surface area contributed by atoms with Crippen molar-refractivity contribution in [1.29, 1.82) is 0 Å². The lowest BCUT2D eigenvalue weighted by molar-refractivity contribution is -0.137. The van der Waals surface area contributed by atoms with Crippen molar-refractivity contribution in [3.05, 3.63) is 23.8 Å². The molecule has 0 saturated heterocycles. The van der Waals surface area contributed by atoms with Gasteiger partial charge in [0, 0.05) is 19.6 Å². The van der Waals surface area contributed by atoms with Crippen molar-refractivity contribution >= 4 is 21.9 Å². The van der Waals surface area contributed by atoms with Gasteiger partial charge in [-0.05, 0) is 45.9 Å². The van der Waals surface area contributed by atoms with Crippen LogP contribution in [0.1, 0.15) is 38.1 Å².